The first-order chi connectivity index (χ1) is 11.8. The van der Waals surface area contributed by atoms with Crippen molar-refractivity contribution in [3.63, 3.8) is 0 Å². The fourth-order valence-electron chi connectivity index (χ4n) is 4.20. The Bertz CT molecular complexity index is 768. The van der Waals surface area contributed by atoms with Crippen LogP contribution in [0.5, 0.6) is 5.75 Å². The Balaban J connectivity index is 1.65. The highest BCUT2D eigenvalue weighted by Crippen LogP contribution is 2.33. The minimum absolute atomic E-state index is 0.0661. The number of methoxy groups -OCH3 is 1. The lowest BCUT2D eigenvalue weighted by Crippen LogP contribution is -3.17. The fraction of sp³-hybridized carbons (Fsp3) is 0.286. The van der Waals surface area contributed by atoms with Crippen LogP contribution >= 0.6 is 0 Å². The van der Waals surface area contributed by atoms with Crippen molar-refractivity contribution in [2.75, 3.05) is 7.11 Å². The first-order valence-corrected chi connectivity index (χ1v) is 8.52. The second-order valence-electron chi connectivity index (χ2n) is 6.70. The number of carbonyl (C=O) groups excluding carboxylic acids is 1. The van der Waals surface area contributed by atoms with E-state index in [1.54, 1.807) is 13.2 Å². The van der Waals surface area contributed by atoms with Crippen molar-refractivity contribution < 1.29 is 14.4 Å². The summed E-state index contributed by atoms with van der Waals surface area (Å²) in [6.45, 7) is 0.896. The Morgan fingerprint density at radius 2 is 1.96 bits per heavy atom. The molecule has 2 aromatic carbocycles. The summed E-state index contributed by atoms with van der Waals surface area (Å²) in [5.41, 5.74) is 2.56. The minimum atomic E-state index is 0.0661. The smallest absolute Gasteiger partial charge is 0.212 e. The van der Waals surface area contributed by atoms with Gasteiger partial charge in [0.05, 0.1) is 7.11 Å². The predicted octanol–water partition coefficient (Wildman–Crippen LogP) is 2.14. The van der Waals surface area contributed by atoms with Crippen molar-refractivity contribution in [1.29, 1.82) is 0 Å². The fourth-order valence-corrected chi connectivity index (χ4v) is 4.20. The standard InChI is InChI=1S/C21H21NO2/c1-24-17-9-5-8-16(12-17)18-13-20-21(23)11-10-19(18)22(20)14-15-6-3-2-4-7-15/h2-12,18-20H,13-14H2,1H3/p+1/t18-,19+,20+/m1/s1. The Labute approximate surface area is 142 Å². The number of fused-ring (bicyclic) bond motifs is 2. The molecule has 1 unspecified atom stereocenters. The van der Waals surface area contributed by atoms with Gasteiger partial charge in [-0.2, -0.15) is 0 Å². The van der Waals surface area contributed by atoms with E-state index in [-0.39, 0.29) is 11.8 Å². The van der Waals surface area contributed by atoms with Crippen LogP contribution in [-0.2, 0) is 11.3 Å². The van der Waals surface area contributed by atoms with Crippen LogP contribution in [0.25, 0.3) is 0 Å². The number of ketones is 1. The molecule has 2 bridgehead atoms. The van der Waals surface area contributed by atoms with E-state index >= 15 is 0 Å². The number of quaternary nitrogens is 1. The molecule has 0 saturated carbocycles. The number of rotatable bonds is 4. The van der Waals surface area contributed by atoms with Gasteiger partial charge in [-0.1, -0.05) is 42.5 Å². The maximum Gasteiger partial charge on any atom is 0.212 e. The van der Waals surface area contributed by atoms with Gasteiger partial charge in [0.25, 0.3) is 0 Å². The molecule has 2 heterocycles. The first-order valence-electron chi connectivity index (χ1n) is 8.52. The van der Waals surface area contributed by atoms with E-state index in [1.807, 2.05) is 18.2 Å². The van der Waals surface area contributed by atoms with Crippen LogP contribution in [0.4, 0.5) is 0 Å². The highest BCUT2D eigenvalue weighted by molar-refractivity contribution is 5.94. The second-order valence-corrected chi connectivity index (χ2v) is 6.70. The highest BCUT2D eigenvalue weighted by Gasteiger charge is 2.49. The number of ether oxygens (including phenoxy) is 1. The third kappa shape index (κ3) is 2.65. The molecule has 2 aliphatic rings. The van der Waals surface area contributed by atoms with Crippen molar-refractivity contribution >= 4 is 5.78 Å². The van der Waals surface area contributed by atoms with E-state index in [0.29, 0.717) is 12.0 Å². The molecule has 3 heteroatoms. The minimum Gasteiger partial charge on any atom is -0.497 e. The lowest BCUT2D eigenvalue weighted by molar-refractivity contribution is -0.935. The quantitative estimate of drug-likeness (QED) is 0.936. The molecule has 0 aliphatic carbocycles. The maximum absolute atomic E-state index is 12.4. The number of benzene rings is 2. The van der Waals surface area contributed by atoms with Gasteiger partial charge in [-0.25, -0.2) is 0 Å². The van der Waals surface area contributed by atoms with Gasteiger partial charge in [0.1, 0.15) is 18.3 Å². The predicted molar refractivity (Wildman–Crippen MR) is 93.2 cm³/mol. The van der Waals surface area contributed by atoms with Crippen LogP contribution in [0, 0.1) is 0 Å². The molecule has 24 heavy (non-hydrogen) atoms. The van der Waals surface area contributed by atoms with Crippen molar-refractivity contribution in [1.82, 2.24) is 0 Å². The summed E-state index contributed by atoms with van der Waals surface area (Å²) in [6.07, 6.45) is 4.82. The van der Waals surface area contributed by atoms with E-state index in [2.05, 4.69) is 42.5 Å². The normalized spacial score (nSPS) is 28.1. The second kappa shape index (κ2) is 6.25. The number of nitrogens with one attached hydrogen (secondary N) is 1. The van der Waals surface area contributed by atoms with Gasteiger partial charge in [-0.05, 0) is 29.8 Å². The molecule has 1 N–H and O–H groups in total. The largest absolute Gasteiger partial charge is 0.497 e. The lowest BCUT2D eigenvalue weighted by Gasteiger charge is -2.28. The topological polar surface area (TPSA) is 30.7 Å². The van der Waals surface area contributed by atoms with Crippen molar-refractivity contribution in [3.8, 4) is 5.75 Å². The van der Waals surface area contributed by atoms with Crippen LogP contribution in [0.1, 0.15) is 23.5 Å². The third-order valence-corrected chi connectivity index (χ3v) is 5.38. The monoisotopic (exact) mass is 320 g/mol. The molecule has 122 valence electrons. The summed E-state index contributed by atoms with van der Waals surface area (Å²) in [6, 6.07) is 19.2. The van der Waals surface area contributed by atoms with Gasteiger partial charge in [0.2, 0.25) is 5.78 Å². The van der Waals surface area contributed by atoms with E-state index in [4.69, 9.17) is 4.74 Å². The highest BCUT2D eigenvalue weighted by atomic mass is 16.5. The molecule has 0 spiro atoms. The molecule has 0 amide bonds. The molecule has 0 aromatic heterocycles. The van der Waals surface area contributed by atoms with Gasteiger partial charge in [-0.3, -0.25) is 4.79 Å². The van der Waals surface area contributed by atoms with Gasteiger partial charge in [0.15, 0.2) is 6.04 Å². The van der Waals surface area contributed by atoms with Crippen LogP contribution in [0.3, 0.4) is 0 Å². The van der Waals surface area contributed by atoms with Gasteiger partial charge in [0, 0.05) is 17.9 Å². The average Bonchev–Trinajstić information content (AvgIpc) is 2.89. The lowest BCUT2D eigenvalue weighted by atomic mass is 9.91. The zero-order valence-electron chi connectivity index (χ0n) is 13.8. The van der Waals surface area contributed by atoms with Crippen molar-refractivity contribution in [3.05, 3.63) is 77.9 Å². The van der Waals surface area contributed by atoms with Crippen molar-refractivity contribution in [2.24, 2.45) is 0 Å². The van der Waals surface area contributed by atoms with Crippen molar-refractivity contribution in [2.45, 2.75) is 31.0 Å². The van der Waals surface area contributed by atoms with Gasteiger partial charge in [-0.15, -0.1) is 0 Å². The van der Waals surface area contributed by atoms with Gasteiger partial charge >= 0.3 is 0 Å². The Morgan fingerprint density at radius 1 is 1.12 bits per heavy atom. The molecule has 3 nitrogen and oxygen atoms in total. The summed E-state index contributed by atoms with van der Waals surface area (Å²) in [5, 5.41) is 0. The number of hydrogen-bond acceptors (Lipinski definition) is 2. The number of hydrogen-bond donors (Lipinski definition) is 1. The average molecular weight is 320 g/mol. The summed E-state index contributed by atoms with van der Waals surface area (Å²) in [7, 11) is 1.70. The summed E-state index contributed by atoms with van der Waals surface area (Å²) in [4.78, 5) is 13.8. The molecular weight excluding hydrogens is 298 g/mol. The summed E-state index contributed by atoms with van der Waals surface area (Å²) < 4.78 is 5.38. The van der Waals surface area contributed by atoms with Gasteiger partial charge < -0.3 is 9.64 Å². The molecule has 2 aliphatic heterocycles. The molecular formula is C21H22NO2+. The van der Waals surface area contributed by atoms with Crippen LogP contribution in [0.15, 0.2) is 66.7 Å². The zero-order valence-corrected chi connectivity index (χ0v) is 13.8. The third-order valence-electron chi connectivity index (χ3n) is 5.38. The van der Waals surface area contributed by atoms with Crippen LogP contribution in [-0.4, -0.2) is 25.0 Å². The SMILES string of the molecule is COc1cccc([C@H]2C[C@H]3C(=O)C=C[C@@H]2[NH+]3Cc2ccccc2)c1. The molecule has 1 saturated heterocycles. The van der Waals surface area contributed by atoms with E-state index in [1.165, 1.54) is 16.0 Å². The molecule has 0 radical (unpaired) electrons. The van der Waals surface area contributed by atoms with Crippen LogP contribution in [0.2, 0.25) is 0 Å². The molecule has 1 fully saturated rings. The first kappa shape index (κ1) is 15.2. The number of carbonyl (C=O) groups is 1. The van der Waals surface area contributed by atoms with Crippen LogP contribution < -0.4 is 9.64 Å². The molecule has 2 aromatic rings. The Kier molecular flexibility index (Phi) is 3.95. The van der Waals surface area contributed by atoms with E-state index < -0.39 is 0 Å². The maximum atomic E-state index is 12.4. The molecule has 4 atom stereocenters. The summed E-state index contributed by atoms with van der Waals surface area (Å²) in [5.74, 6) is 1.52. The van der Waals surface area contributed by atoms with E-state index in [9.17, 15) is 4.79 Å². The Hall–Kier alpha value is -2.39. The zero-order chi connectivity index (χ0) is 16.5. The summed E-state index contributed by atoms with van der Waals surface area (Å²) >= 11 is 0. The molecule has 4 rings (SSSR count). The Morgan fingerprint density at radius 3 is 2.75 bits per heavy atom. The van der Waals surface area contributed by atoms with E-state index in [0.717, 1.165) is 18.7 Å².